The Morgan fingerprint density at radius 3 is 2.56 bits per heavy atom. The van der Waals surface area contributed by atoms with E-state index in [1.807, 2.05) is 70.4 Å². The monoisotopic (exact) mass is 433 g/mol. The molecule has 166 valence electrons. The second kappa shape index (κ2) is 9.00. The van der Waals surface area contributed by atoms with E-state index in [9.17, 15) is 4.79 Å². The Balaban J connectivity index is 1.12. The van der Waals surface area contributed by atoms with Gasteiger partial charge >= 0.3 is 0 Å². The van der Waals surface area contributed by atoms with E-state index in [1.54, 1.807) is 7.11 Å². The lowest BCUT2D eigenvalue weighted by atomic mass is 10.1. The van der Waals surface area contributed by atoms with E-state index in [2.05, 4.69) is 15.2 Å². The molecule has 1 aromatic heterocycles. The summed E-state index contributed by atoms with van der Waals surface area (Å²) in [4.78, 5) is 17.0. The summed E-state index contributed by atoms with van der Waals surface area (Å²) < 4.78 is 13.0. The van der Waals surface area contributed by atoms with Crippen LogP contribution in [0.4, 0.5) is 5.69 Å². The van der Waals surface area contributed by atoms with E-state index in [0.717, 1.165) is 36.6 Å². The highest BCUT2D eigenvalue weighted by atomic mass is 16.5. The zero-order valence-corrected chi connectivity index (χ0v) is 18.1. The van der Waals surface area contributed by atoms with E-state index in [4.69, 9.17) is 9.47 Å². The van der Waals surface area contributed by atoms with E-state index in [-0.39, 0.29) is 18.1 Å². The topological polar surface area (TPSA) is 72.7 Å². The van der Waals surface area contributed by atoms with Gasteiger partial charge in [0.25, 0.3) is 5.91 Å². The van der Waals surface area contributed by atoms with Gasteiger partial charge in [-0.1, -0.05) is 23.4 Å². The van der Waals surface area contributed by atoms with Crippen LogP contribution in [-0.4, -0.2) is 65.2 Å². The molecule has 2 aromatic carbocycles. The Bertz CT molecular complexity index is 1050. The van der Waals surface area contributed by atoms with Crippen molar-refractivity contribution in [2.24, 2.45) is 0 Å². The highest BCUT2D eigenvalue weighted by molar-refractivity contribution is 5.95. The lowest BCUT2D eigenvalue weighted by Crippen LogP contribution is -2.50. The van der Waals surface area contributed by atoms with Gasteiger partial charge in [-0.25, -0.2) is 4.68 Å². The van der Waals surface area contributed by atoms with Gasteiger partial charge < -0.3 is 19.3 Å². The van der Waals surface area contributed by atoms with Crippen molar-refractivity contribution >= 4 is 11.6 Å². The van der Waals surface area contributed by atoms with Gasteiger partial charge in [-0.05, 0) is 42.8 Å². The van der Waals surface area contributed by atoms with Gasteiger partial charge in [0.2, 0.25) is 0 Å². The van der Waals surface area contributed by atoms with Crippen LogP contribution in [0.2, 0.25) is 0 Å². The van der Waals surface area contributed by atoms with Gasteiger partial charge in [-0.2, -0.15) is 0 Å². The largest absolute Gasteiger partial charge is 0.487 e. The van der Waals surface area contributed by atoms with Crippen molar-refractivity contribution in [3.63, 3.8) is 0 Å². The molecule has 3 heterocycles. The molecule has 32 heavy (non-hydrogen) atoms. The van der Waals surface area contributed by atoms with Gasteiger partial charge in [-0.3, -0.25) is 4.79 Å². The molecule has 2 aliphatic heterocycles. The van der Waals surface area contributed by atoms with Gasteiger partial charge in [0.1, 0.15) is 18.1 Å². The van der Waals surface area contributed by atoms with Crippen LogP contribution in [0.15, 0.2) is 60.8 Å². The maximum absolute atomic E-state index is 12.8. The maximum atomic E-state index is 12.8. The second-order valence-electron chi connectivity index (χ2n) is 8.29. The number of anilines is 1. The smallest absolute Gasteiger partial charge is 0.254 e. The van der Waals surface area contributed by atoms with E-state index < -0.39 is 0 Å². The minimum absolute atomic E-state index is 0.0525. The molecule has 3 aromatic rings. The molecule has 0 N–H and O–H groups in total. The fraction of sp³-hybridized carbons (Fsp3) is 0.375. The number of hydrogen-bond acceptors (Lipinski definition) is 6. The number of carbonyl (C=O) groups excluding carboxylic acids is 1. The van der Waals surface area contributed by atoms with Crippen LogP contribution in [-0.2, 0) is 11.3 Å². The van der Waals surface area contributed by atoms with Gasteiger partial charge in [-0.15, -0.1) is 5.10 Å². The quantitative estimate of drug-likeness (QED) is 0.571. The first kappa shape index (κ1) is 20.5. The van der Waals surface area contributed by atoms with Crippen LogP contribution in [0.1, 0.15) is 28.5 Å². The van der Waals surface area contributed by atoms with Crippen molar-refractivity contribution in [3.8, 4) is 5.75 Å². The third kappa shape index (κ3) is 4.31. The van der Waals surface area contributed by atoms with Crippen molar-refractivity contribution in [2.45, 2.75) is 25.2 Å². The molecule has 1 amide bonds. The third-order valence-electron chi connectivity index (χ3n) is 6.17. The van der Waals surface area contributed by atoms with Crippen LogP contribution in [0, 0.1) is 0 Å². The van der Waals surface area contributed by atoms with Crippen LogP contribution in [0.5, 0.6) is 5.75 Å². The predicted octanol–water partition coefficient (Wildman–Crippen LogP) is 2.78. The molecule has 2 aliphatic rings. The van der Waals surface area contributed by atoms with Crippen LogP contribution < -0.4 is 9.64 Å². The SMILES string of the molecule is CO[C@@H]1CCN(c2ccc(C(=O)N3CC(n4cc(COc5ccccc5)nn4)C3)cc2)C1. The molecule has 0 radical (unpaired) electrons. The molecule has 8 nitrogen and oxygen atoms in total. The zero-order valence-electron chi connectivity index (χ0n) is 18.1. The molecule has 0 unspecified atom stereocenters. The van der Waals surface area contributed by atoms with Crippen molar-refractivity contribution in [1.82, 2.24) is 19.9 Å². The van der Waals surface area contributed by atoms with Gasteiger partial charge in [0.15, 0.2) is 0 Å². The summed E-state index contributed by atoms with van der Waals surface area (Å²) in [5.41, 5.74) is 2.62. The molecule has 2 fully saturated rings. The summed E-state index contributed by atoms with van der Waals surface area (Å²) in [6, 6.07) is 17.7. The summed E-state index contributed by atoms with van der Waals surface area (Å²) >= 11 is 0. The van der Waals surface area contributed by atoms with Crippen LogP contribution >= 0.6 is 0 Å². The molecule has 0 aliphatic carbocycles. The Morgan fingerprint density at radius 2 is 1.84 bits per heavy atom. The molecule has 0 spiro atoms. The molecular formula is C24H27N5O3. The second-order valence-corrected chi connectivity index (χ2v) is 8.29. The summed E-state index contributed by atoms with van der Waals surface area (Å²) in [5, 5.41) is 8.41. The molecule has 0 bridgehead atoms. The Morgan fingerprint density at radius 1 is 1.06 bits per heavy atom. The predicted molar refractivity (Wildman–Crippen MR) is 120 cm³/mol. The number of benzene rings is 2. The molecule has 2 saturated heterocycles. The van der Waals surface area contributed by atoms with Crippen molar-refractivity contribution in [1.29, 1.82) is 0 Å². The minimum Gasteiger partial charge on any atom is -0.487 e. The lowest BCUT2D eigenvalue weighted by Gasteiger charge is -2.38. The first-order valence-corrected chi connectivity index (χ1v) is 11.0. The summed E-state index contributed by atoms with van der Waals surface area (Å²) in [5.74, 6) is 0.855. The highest BCUT2D eigenvalue weighted by Crippen LogP contribution is 2.25. The number of nitrogens with zero attached hydrogens (tertiary/aromatic N) is 5. The Labute approximate surface area is 187 Å². The fourth-order valence-corrected chi connectivity index (χ4v) is 4.17. The number of aromatic nitrogens is 3. The minimum atomic E-state index is 0.0525. The van der Waals surface area contributed by atoms with E-state index in [0.29, 0.717) is 25.3 Å². The molecule has 1 atom stereocenters. The number of rotatable bonds is 7. The number of ether oxygens (including phenoxy) is 2. The average Bonchev–Trinajstić information content (AvgIpc) is 3.47. The fourth-order valence-electron chi connectivity index (χ4n) is 4.17. The van der Waals surface area contributed by atoms with Crippen molar-refractivity contribution in [3.05, 3.63) is 72.1 Å². The Kier molecular flexibility index (Phi) is 5.77. The summed E-state index contributed by atoms with van der Waals surface area (Å²) in [6.45, 7) is 3.51. The van der Waals surface area contributed by atoms with Crippen molar-refractivity contribution in [2.75, 3.05) is 38.2 Å². The van der Waals surface area contributed by atoms with Gasteiger partial charge in [0.05, 0.1) is 18.3 Å². The van der Waals surface area contributed by atoms with E-state index >= 15 is 0 Å². The van der Waals surface area contributed by atoms with Crippen molar-refractivity contribution < 1.29 is 14.3 Å². The highest BCUT2D eigenvalue weighted by Gasteiger charge is 2.33. The summed E-state index contributed by atoms with van der Waals surface area (Å²) in [7, 11) is 1.76. The normalized spacial score (nSPS) is 18.6. The molecular weight excluding hydrogens is 406 g/mol. The molecule has 8 heteroatoms. The average molecular weight is 434 g/mol. The standard InChI is InChI=1S/C24H27N5O3/c1-31-23-11-12-27(16-23)20-9-7-18(8-10-20)24(30)28-14-21(15-28)29-13-19(25-26-29)17-32-22-5-3-2-4-6-22/h2-10,13,21,23H,11-12,14-17H2,1H3/t23-/m1/s1. The molecule has 5 rings (SSSR count). The lowest BCUT2D eigenvalue weighted by molar-refractivity contribution is 0.0498. The van der Waals surface area contributed by atoms with Gasteiger partial charge in [0, 0.05) is 44.5 Å². The first-order chi connectivity index (χ1) is 15.7. The Hall–Kier alpha value is -3.39. The zero-order chi connectivity index (χ0) is 21.9. The number of hydrogen-bond donors (Lipinski definition) is 0. The number of para-hydroxylation sites is 1. The number of amides is 1. The number of likely N-dealkylation sites (tertiary alicyclic amines) is 1. The number of carbonyl (C=O) groups is 1. The van der Waals surface area contributed by atoms with Crippen LogP contribution in [0.25, 0.3) is 0 Å². The van der Waals surface area contributed by atoms with Crippen LogP contribution in [0.3, 0.4) is 0 Å². The maximum Gasteiger partial charge on any atom is 0.254 e. The summed E-state index contributed by atoms with van der Waals surface area (Å²) in [6.07, 6.45) is 3.22. The third-order valence-corrected chi connectivity index (χ3v) is 6.17. The van der Waals surface area contributed by atoms with E-state index in [1.165, 1.54) is 0 Å². The molecule has 0 saturated carbocycles. The first-order valence-electron chi connectivity index (χ1n) is 11.0. The number of methoxy groups -OCH3 is 1.